The van der Waals surface area contributed by atoms with Crippen molar-refractivity contribution in [3.63, 3.8) is 0 Å². The summed E-state index contributed by atoms with van der Waals surface area (Å²) in [6, 6.07) is 3.35. The number of nitrogens with zero attached hydrogens (tertiary/aromatic N) is 1. The van der Waals surface area contributed by atoms with E-state index in [0.717, 1.165) is 12.0 Å². The molecule has 78 valence electrons. The average Bonchev–Trinajstić information content (AvgIpc) is 2.56. The normalized spacial score (nSPS) is 10.8. The first-order valence-electron chi connectivity index (χ1n) is 4.75. The first-order valence-corrected chi connectivity index (χ1v) is 4.75. The van der Waals surface area contributed by atoms with Crippen molar-refractivity contribution in [2.24, 2.45) is 0 Å². The van der Waals surface area contributed by atoms with Gasteiger partial charge in [0.15, 0.2) is 11.5 Å². The van der Waals surface area contributed by atoms with Gasteiger partial charge in [-0.15, -0.1) is 0 Å². The molecule has 15 heavy (non-hydrogen) atoms. The minimum atomic E-state index is -0.987. The number of rotatable bonds is 2. The van der Waals surface area contributed by atoms with Gasteiger partial charge >= 0.3 is 5.97 Å². The number of hydrogen-bond donors (Lipinski definition) is 1. The second kappa shape index (κ2) is 3.38. The van der Waals surface area contributed by atoms with Crippen molar-refractivity contribution < 1.29 is 14.3 Å². The first kappa shape index (κ1) is 9.71. The summed E-state index contributed by atoms with van der Waals surface area (Å²) in [7, 11) is 0. The molecule has 1 heterocycles. The summed E-state index contributed by atoms with van der Waals surface area (Å²) in [5.41, 5.74) is 2.21. The Labute approximate surface area is 86.5 Å². The Morgan fingerprint density at radius 3 is 2.87 bits per heavy atom. The SMILES string of the molecule is CCc1ccc(C(=O)O)c2oc(C)nc12. The monoisotopic (exact) mass is 205 g/mol. The number of carboxylic acids is 1. The van der Waals surface area contributed by atoms with E-state index in [1.54, 1.807) is 19.1 Å². The lowest BCUT2D eigenvalue weighted by Crippen LogP contribution is -1.97. The third-order valence-electron chi connectivity index (χ3n) is 2.35. The van der Waals surface area contributed by atoms with E-state index in [0.29, 0.717) is 17.0 Å². The molecule has 0 saturated heterocycles. The minimum Gasteiger partial charge on any atom is -0.478 e. The molecule has 0 spiro atoms. The minimum absolute atomic E-state index is 0.169. The van der Waals surface area contributed by atoms with Gasteiger partial charge in [0, 0.05) is 6.92 Å². The molecule has 1 aromatic heterocycles. The molecule has 0 aliphatic rings. The van der Waals surface area contributed by atoms with Crippen LogP contribution < -0.4 is 0 Å². The van der Waals surface area contributed by atoms with E-state index in [4.69, 9.17) is 9.52 Å². The summed E-state index contributed by atoms with van der Waals surface area (Å²) in [6.07, 6.45) is 0.808. The van der Waals surface area contributed by atoms with Gasteiger partial charge in [-0.3, -0.25) is 0 Å². The fourth-order valence-electron chi connectivity index (χ4n) is 1.62. The van der Waals surface area contributed by atoms with Crippen molar-refractivity contribution in [3.8, 4) is 0 Å². The van der Waals surface area contributed by atoms with Crippen molar-refractivity contribution >= 4 is 17.1 Å². The van der Waals surface area contributed by atoms with E-state index >= 15 is 0 Å². The van der Waals surface area contributed by atoms with Crippen molar-refractivity contribution in [1.29, 1.82) is 0 Å². The van der Waals surface area contributed by atoms with Crippen LogP contribution in [0.25, 0.3) is 11.1 Å². The second-order valence-electron chi connectivity index (χ2n) is 3.34. The van der Waals surface area contributed by atoms with Gasteiger partial charge in [-0.25, -0.2) is 9.78 Å². The molecule has 0 aliphatic carbocycles. The van der Waals surface area contributed by atoms with Crippen LogP contribution in [-0.2, 0) is 6.42 Å². The zero-order valence-electron chi connectivity index (χ0n) is 8.57. The highest BCUT2D eigenvalue weighted by molar-refractivity contribution is 6.00. The summed E-state index contributed by atoms with van der Waals surface area (Å²) < 4.78 is 5.31. The third kappa shape index (κ3) is 1.48. The van der Waals surface area contributed by atoms with Crippen molar-refractivity contribution in [3.05, 3.63) is 29.2 Å². The molecule has 0 fully saturated rings. The van der Waals surface area contributed by atoms with Crippen LogP contribution in [0.5, 0.6) is 0 Å². The van der Waals surface area contributed by atoms with Crippen LogP contribution in [0.15, 0.2) is 16.5 Å². The molecule has 0 amide bonds. The highest BCUT2D eigenvalue weighted by Crippen LogP contribution is 2.24. The summed E-state index contributed by atoms with van der Waals surface area (Å²) in [5, 5.41) is 8.97. The number of aromatic carboxylic acids is 1. The lowest BCUT2D eigenvalue weighted by atomic mass is 10.1. The Morgan fingerprint density at radius 1 is 1.53 bits per heavy atom. The largest absolute Gasteiger partial charge is 0.478 e. The number of benzene rings is 1. The predicted molar refractivity (Wildman–Crippen MR) is 55.1 cm³/mol. The lowest BCUT2D eigenvalue weighted by molar-refractivity contribution is 0.0698. The Bertz CT molecular complexity index is 528. The zero-order chi connectivity index (χ0) is 11.0. The molecular weight excluding hydrogens is 194 g/mol. The average molecular weight is 205 g/mol. The smallest absolute Gasteiger partial charge is 0.339 e. The number of oxazole rings is 1. The van der Waals surface area contributed by atoms with Crippen LogP contribution in [0.3, 0.4) is 0 Å². The Kier molecular flexibility index (Phi) is 2.19. The first-order chi connectivity index (χ1) is 7.13. The maximum atomic E-state index is 10.9. The van der Waals surface area contributed by atoms with Crippen LogP contribution in [0, 0.1) is 6.92 Å². The molecule has 2 rings (SSSR count). The van der Waals surface area contributed by atoms with Gasteiger partial charge in [-0.05, 0) is 18.1 Å². The molecule has 4 nitrogen and oxygen atoms in total. The molecular formula is C11H11NO3. The molecule has 1 aromatic carbocycles. The van der Waals surface area contributed by atoms with Crippen LogP contribution in [0.2, 0.25) is 0 Å². The topological polar surface area (TPSA) is 63.3 Å². The molecule has 2 aromatic rings. The number of carbonyl (C=O) groups is 1. The van der Waals surface area contributed by atoms with E-state index in [9.17, 15) is 4.79 Å². The number of carboxylic acid groups (broad SMARTS) is 1. The fraction of sp³-hybridized carbons (Fsp3) is 0.273. The molecule has 1 N–H and O–H groups in total. The Morgan fingerprint density at radius 2 is 2.27 bits per heavy atom. The number of fused-ring (bicyclic) bond motifs is 1. The molecule has 0 saturated carbocycles. The highest BCUT2D eigenvalue weighted by Gasteiger charge is 2.15. The summed E-state index contributed by atoms with van der Waals surface area (Å²) in [5.74, 6) is -0.493. The highest BCUT2D eigenvalue weighted by atomic mass is 16.4. The number of aromatic nitrogens is 1. The van der Waals surface area contributed by atoms with E-state index in [-0.39, 0.29) is 5.56 Å². The van der Waals surface area contributed by atoms with Crippen LogP contribution >= 0.6 is 0 Å². The van der Waals surface area contributed by atoms with E-state index in [1.807, 2.05) is 6.92 Å². The molecule has 0 radical (unpaired) electrons. The van der Waals surface area contributed by atoms with Gasteiger partial charge in [0.25, 0.3) is 0 Å². The second-order valence-corrected chi connectivity index (χ2v) is 3.34. The van der Waals surface area contributed by atoms with Gasteiger partial charge in [0.1, 0.15) is 11.1 Å². The van der Waals surface area contributed by atoms with Crippen molar-refractivity contribution in [2.75, 3.05) is 0 Å². The standard InChI is InChI=1S/C11H11NO3/c1-3-7-4-5-8(11(13)14)10-9(7)12-6(2)15-10/h4-5H,3H2,1-2H3,(H,13,14). The molecule has 0 atom stereocenters. The number of aryl methyl sites for hydroxylation is 2. The van der Waals surface area contributed by atoms with Crippen LogP contribution in [0.1, 0.15) is 28.7 Å². The van der Waals surface area contributed by atoms with E-state index in [1.165, 1.54) is 0 Å². The Balaban J connectivity index is 2.82. The van der Waals surface area contributed by atoms with Crippen molar-refractivity contribution in [2.45, 2.75) is 20.3 Å². The summed E-state index contributed by atoms with van der Waals surface area (Å²) in [4.78, 5) is 15.1. The van der Waals surface area contributed by atoms with E-state index < -0.39 is 5.97 Å². The molecule has 4 heteroatoms. The maximum Gasteiger partial charge on any atom is 0.339 e. The van der Waals surface area contributed by atoms with E-state index in [2.05, 4.69) is 4.98 Å². The van der Waals surface area contributed by atoms with Gasteiger partial charge in [0.05, 0.1) is 0 Å². The quantitative estimate of drug-likeness (QED) is 0.817. The third-order valence-corrected chi connectivity index (χ3v) is 2.35. The van der Waals surface area contributed by atoms with Crippen LogP contribution in [0.4, 0.5) is 0 Å². The predicted octanol–water partition coefficient (Wildman–Crippen LogP) is 2.40. The van der Waals surface area contributed by atoms with Gasteiger partial charge in [-0.2, -0.15) is 0 Å². The van der Waals surface area contributed by atoms with Crippen LogP contribution in [-0.4, -0.2) is 16.1 Å². The van der Waals surface area contributed by atoms with Crippen molar-refractivity contribution in [1.82, 2.24) is 4.98 Å². The maximum absolute atomic E-state index is 10.9. The fourth-order valence-corrected chi connectivity index (χ4v) is 1.62. The number of hydrogen-bond acceptors (Lipinski definition) is 3. The van der Waals surface area contributed by atoms with Gasteiger partial charge in [0.2, 0.25) is 0 Å². The van der Waals surface area contributed by atoms with Gasteiger partial charge < -0.3 is 9.52 Å². The Hall–Kier alpha value is -1.84. The molecule has 0 unspecified atom stereocenters. The summed E-state index contributed by atoms with van der Waals surface area (Å²) in [6.45, 7) is 3.71. The molecule has 0 bridgehead atoms. The lowest BCUT2D eigenvalue weighted by Gasteiger charge is -1.99. The summed E-state index contributed by atoms with van der Waals surface area (Å²) >= 11 is 0. The molecule has 0 aliphatic heterocycles. The van der Waals surface area contributed by atoms with Gasteiger partial charge in [-0.1, -0.05) is 13.0 Å². The zero-order valence-corrected chi connectivity index (χ0v) is 8.57.